The lowest BCUT2D eigenvalue weighted by molar-refractivity contribution is 0.204. The summed E-state index contributed by atoms with van der Waals surface area (Å²) in [6.45, 7) is 5.68. The number of nitrogens with zero attached hydrogens (tertiary/aromatic N) is 1. The van der Waals surface area contributed by atoms with E-state index in [4.69, 9.17) is 4.74 Å². The molecule has 1 aromatic carbocycles. The number of hydrogen-bond acceptors (Lipinski definition) is 4. The van der Waals surface area contributed by atoms with Crippen LogP contribution < -0.4 is 15.4 Å². The lowest BCUT2D eigenvalue weighted by Gasteiger charge is -2.32. The van der Waals surface area contributed by atoms with Crippen LogP contribution in [0.1, 0.15) is 38.7 Å². The van der Waals surface area contributed by atoms with E-state index in [-0.39, 0.29) is 11.4 Å². The largest absolute Gasteiger partial charge is 0.383 e. The summed E-state index contributed by atoms with van der Waals surface area (Å²) in [5.74, 6) is 2.18. The smallest absolute Gasteiger partial charge is 0.240 e. The van der Waals surface area contributed by atoms with Gasteiger partial charge in [0.05, 0.1) is 11.5 Å². The molecule has 8 heteroatoms. The first-order valence-electron chi connectivity index (χ1n) is 9.88. The molecule has 0 bridgehead atoms. The maximum atomic E-state index is 12.4. The Morgan fingerprint density at radius 3 is 2.57 bits per heavy atom. The number of sulfonamides is 1. The Balaban J connectivity index is 1.94. The topological polar surface area (TPSA) is 91.8 Å². The van der Waals surface area contributed by atoms with E-state index in [9.17, 15) is 8.42 Å². The maximum absolute atomic E-state index is 12.4. The first-order chi connectivity index (χ1) is 13.3. The highest BCUT2D eigenvalue weighted by Gasteiger charge is 2.24. The minimum atomic E-state index is -3.54. The van der Waals surface area contributed by atoms with Gasteiger partial charge in [0.15, 0.2) is 5.96 Å². The Hall–Kier alpha value is -1.64. The molecular formula is C20H34N4O3S. The van der Waals surface area contributed by atoms with Gasteiger partial charge < -0.3 is 15.4 Å². The van der Waals surface area contributed by atoms with Crippen LogP contribution in [-0.2, 0) is 21.3 Å². The van der Waals surface area contributed by atoms with Gasteiger partial charge in [0, 0.05) is 33.3 Å². The van der Waals surface area contributed by atoms with Crippen LogP contribution in [0.4, 0.5) is 0 Å². The summed E-state index contributed by atoms with van der Waals surface area (Å²) in [5, 5.41) is 6.81. The second kappa shape index (κ2) is 10.8. The molecule has 1 aliphatic carbocycles. The molecule has 0 radical (unpaired) electrons. The molecule has 0 heterocycles. The third kappa shape index (κ3) is 7.07. The van der Waals surface area contributed by atoms with Crippen molar-refractivity contribution in [1.82, 2.24) is 15.4 Å². The van der Waals surface area contributed by atoms with Crippen molar-refractivity contribution in [1.29, 1.82) is 0 Å². The van der Waals surface area contributed by atoms with E-state index in [1.54, 1.807) is 25.2 Å². The fourth-order valence-electron chi connectivity index (χ4n) is 3.82. The molecule has 7 nitrogen and oxygen atoms in total. The standard InChI is InChI=1S/C20H34N4O3S/c1-15-10-16(2)12-18(11-15)24-20(21-3)22-14-17-6-5-7-19(13-17)28(25,26)23-8-9-27-4/h5-7,13,15-16,18,23H,8-12,14H2,1-4H3,(H2,21,22,24). The zero-order valence-electron chi connectivity index (χ0n) is 17.4. The highest BCUT2D eigenvalue weighted by atomic mass is 32.2. The molecule has 2 unspecified atom stereocenters. The zero-order chi connectivity index (χ0) is 20.6. The number of ether oxygens (including phenoxy) is 1. The van der Waals surface area contributed by atoms with Gasteiger partial charge in [0.1, 0.15) is 0 Å². The molecule has 3 N–H and O–H groups in total. The highest BCUT2D eigenvalue weighted by Crippen LogP contribution is 2.28. The molecule has 0 aromatic heterocycles. The molecule has 0 spiro atoms. The van der Waals surface area contributed by atoms with Gasteiger partial charge in [-0.3, -0.25) is 4.99 Å². The Morgan fingerprint density at radius 2 is 1.93 bits per heavy atom. The lowest BCUT2D eigenvalue weighted by Crippen LogP contribution is -2.45. The Labute approximate surface area is 169 Å². The van der Waals surface area contributed by atoms with E-state index >= 15 is 0 Å². The molecule has 1 aromatic rings. The summed E-state index contributed by atoms with van der Waals surface area (Å²) in [6, 6.07) is 7.35. The van der Waals surface area contributed by atoms with Gasteiger partial charge in [-0.05, 0) is 48.8 Å². The van der Waals surface area contributed by atoms with Crippen molar-refractivity contribution in [2.24, 2.45) is 16.8 Å². The summed E-state index contributed by atoms with van der Waals surface area (Å²) >= 11 is 0. The minimum absolute atomic E-state index is 0.246. The van der Waals surface area contributed by atoms with E-state index in [0.29, 0.717) is 31.0 Å². The molecule has 1 fully saturated rings. The van der Waals surface area contributed by atoms with Gasteiger partial charge in [0.2, 0.25) is 10.0 Å². The minimum Gasteiger partial charge on any atom is -0.383 e. The van der Waals surface area contributed by atoms with Crippen LogP contribution in [0.5, 0.6) is 0 Å². The molecule has 1 aliphatic rings. The SMILES string of the molecule is CN=C(NCc1cccc(S(=O)(=O)NCCOC)c1)NC1CC(C)CC(C)C1. The van der Waals surface area contributed by atoms with Crippen molar-refractivity contribution in [2.45, 2.75) is 50.6 Å². The molecule has 2 atom stereocenters. The second-order valence-corrected chi connectivity index (χ2v) is 9.49. The molecule has 1 saturated carbocycles. The monoisotopic (exact) mass is 410 g/mol. The fourth-order valence-corrected chi connectivity index (χ4v) is 4.91. The van der Waals surface area contributed by atoms with E-state index < -0.39 is 10.0 Å². The number of guanidine groups is 1. The van der Waals surface area contributed by atoms with Crippen molar-refractivity contribution >= 4 is 16.0 Å². The zero-order valence-corrected chi connectivity index (χ0v) is 18.2. The third-order valence-corrected chi connectivity index (χ3v) is 6.47. The number of methoxy groups -OCH3 is 1. The van der Waals surface area contributed by atoms with Crippen LogP contribution in [0.25, 0.3) is 0 Å². The maximum Gasteiger partial charge on any atom is 0.240 e. The summed E-state index contributed by atoms with van der Waals surface area (Å²) in [6.07, 6.45) is 3.57. The number of hydrogen-bond donors (Lipinski definition) is 3. The second-order valence-electron chi connectivity index (χ2n) is 7.72. The van der Waals surface area contributed by atoms with E-state index in [1.165, 1.54) is 13.5 Å². The molecule has 0 amide bonds. The summed E-state index contributed by atoms with van der Waals surface area (Å²) in [7, 11) is -0.244. The van der Waals surface area contributed by atoms with E-state index in [1.807, 2.05) is 6.07 Å². The van der Waals surface area contributed by atoms with Crippen molar-refractivity contribution < 1.29 is 13.2 Å². The van der Waals surface area contributed by atoms with Crippen LogP contribution in [-0.4, -0.2) is 47.7 Å². The van der Waals surface area contributed by atoms with Crippen molar-refractivity contribution in [3.05, 3.63) is 29.8 Å². The quantitative estimate of drug-likeness (QED) is 0.347. The summed E-state index contributed by atoms with van der Waals surface area (Å²) in [5.41, 5.74) is 0.878. The van der Waals surface area contributed by atoms with Crippen molar-refractivity contribution in [2.75, 3.05) is 27.3 Å². The average molecular weight is 411 g/mol. The third-order valence-electron chi connectivity index (χ3n) is 5.01. The van der Waals surface area contributed by atoms with E-state index in [0.717, 1.165) is 24.4 Å². The van der Waals surface area contributed by atoms with Gasteiger partial charge in [-0.2, -0.15) is 0 Å². The number of aliphatic imine (C=N–C) groups is 1. The van der Waals surface area contributed by atoms with Crippen LogP contribution >= 0.6 is 0 Å². The van der Waals surface area contributed by atoms with Gasteiger partial charge in [0.25, 0.3) is 0 Å². The molecule has 158 valence electrons. The first kappa shape index (κ1) is 22.6. The summed E-state index contributed by atoms with van der Waals surface area (Å²) in [4.78, 5) is 4.57. The van der Waals surface area contributed by atoms with Crippen LogP contribution in [0.15, 0.2) is 34.2 Å². The average Bonchev–Trinajstić information content (AvgIpc) is 2.64. The van der Waals surface area contributed by atoms with E-state index in [2.05, 4.69) is 34.2 Å². The van der Waals surface area contributed by atoms with Gasteiger partial charge >= 0.3 is 0 Å². The van der Waals surface area contributed by atoms with Crippen molar-refractivity contribution in [3.8, 4) is 0 Å². The highest BCUT2D eigenvalue weighted by molar-refractivity contribution is 7.89. The van der Waals surface area contributed by atoms with Crippen molar-refractivity contribution in [3.63, 3.8) is 0 Å². The van der Waals surface area contributed by atoms with Gasteiger partial charge in [-0.1, -0.05) is 26.0 Å². The molecular weight excluding hydrogens is 376 g/mol. The molecule has 28 heavy (non-hydrogen) atoms. The Kier molecular flexibility index (Phi) is 8.72. The molecule has 0 aliphatic heterocycles. The van der Waals surface area contributed by atoms with Gasteiger partial charge in [-0.15, -0.1) is 0 Å². The molecule has 2 rings (SSSR count). The number of nitrogens with one attached hydrogen (secondary N) is 3. The normalized spacial score (nSPS) is 23.4. The fraction of sp³-hybridized carbons (Fsp3) is 0.650. The Bertz CT molecular complexity index is 742. The van der Waals surface area contributed by atoms with Crippen LogP contribution in [0, 0.1) is 11.8 Å². The first-order valence-corrected chi connectivity index (χ1v) is 11.4. The Morgan fingerprint density at radius 1 is 1.21 bits per heavy atom. The van der Waals surface area contributed by atoms with Crippen LogP contribution in [0.3, 0.4) is 0 Å². The lowest BCUT2D eigenvalue weighted by atomic mass is 9.80. The van der Waals surface area contributed by atoms with Gasteiger partial charge in [-0.25, -0.2) is 13.1 Å². The predicted molar refractivity (Wildman–Crippen MR) is 113 cm³/mol. The number of rotatable bonds is 8. The predicted octanol–water partition coefficient (Wildman–Crippen LogP) is 2.10. The number of benzene rings is 1. The summed E-state index contributed by atoms with van der Waals surface area (Å²) < 4.78 is 32.1. The molecule has 0 saturated heterocycles. The van der Waals surface area contributed by atoms with Crippen LogP contribution in [0.2, 0.25) is 0 Å².